The standard InChI is InChI=1S/C20H18O6/c1-12-16-10-15(25-11-18(21)24-3)8-9-17(16)26-20(22)19(12)13-4-6-14(23-2)7-5-13/h4-10H,11H2,1-3H3. The zero-order chi connectivity index (χ0) is 18.7. The normalized spacial score (nSPS) is 10.6. The quantitative estimate of drug-likeness (QED) is 0.517. The first-order valence-electron chi connectivity index (χ1n) is 7.95. The smallest absolute Gasteiger partial charge is 0.344 e. The second kappa shape index (κ2) is 7.31. The van der Waals surface area contributed by atoms with Gasteiger partial charge in [-0.15, -0.1) is 0 Å². The van der Waals surface area contributed by atoms with Crippen molar-refractivity contribution < 1.29 is 23.4 Å². The zero-order valence-electron chi connectivity index (χ0n) is 14.7. The van der Waals surface area contributed by atoms with Gasteiger partial charge in [0.25, 0.3) is 0 Å². The number of fused-ring (bicyclic) bond motifs is 1. The molecule has 26 heavy (non-hydrogen) atoms. The van der Waals surface area contributed by atoms with E-state index in [1.165, 1.54) is 7.11 Å². The maximum atomic E-state index is 12.5. The number of hydrogen-bond donors (Lipinski definition) is 0. The minimum atomic E-state index is -0.472. The Morgan fingerprint density at radius 3 is 2.38 bits per heavy atom. The monoisotopic (exact) mass is 354 g/mol. The molecule has 0 fully saturated rings. The summed E-state index contributed by atoms with van der Waals surface area (Å²) in [6, 6.07) is 12.2. The lowest BCUT2D eigenvalue weighted by Gasteiger charge is -2.10. The summed E-state index contributed by atoms with van der Waals surface area (Å²) in [5, 5.41) is 0.734. The van der Waals surface area contributed by atoms with Crippen LogP contribution in [0, 0.1) is 6.92 Å². The molecule has 3 aromatic rings. The van der Waals surface area contributed by atoms with Gasteiger partial charge < -0.3 is 18.6 Å². The van der Waals surface area contributed by atoms with E-state index in [9.17, 15) is 9.59 Å². The SMILES string of the molecule is COC(=O)COc1ccc2oc(=O)c(-c3ccc(OC)cc3)c(C)c2c1. The maximum Gasteiger partial charge on any atom is 0.344 e. The van der Waals surface area contributed by atoms with E-state index in [0.717, 1.165) is 16.5 Å². The largest absolute Gasteiger partial charge is 0.497 e. The Kier molecular flexibility index (Phi) is 4.93. The third-order valence-corrected chi connectivity index (χ3v) is 4.10. The first-order chi connectivity index (χ1) is 12.5. The van der Waals surface area contributed by atoms with Crippen LogP contribution in [0.25, 0.3) is 22.1 Å². The number of carbonyl (C=O) groups is 1. The van der Waals surface area contributed by atoms with Crippen molar-refractivity contribution in [3.8, 4) is 22.6 Å². The molecule has 0 N–H and O–H groups in total. The van der Waals surface area contributed by atoms with E-state index in [0.29, 0.717) is 22.6 Å². The van der Waals surface area contributed by atoms with Gasteiger partial charge in [0.1, 0.15) is 17.1 Å². The van der Waals surface area contributed by atoms with Crippen molar-refractivity contribution in [2.45, 2.75) is 6.92 Å². The molecule has 0 aliphatic rings. The van der Waals surface area contributed by atoms with Crippen LogP contribution in [0.1, 0.15) is 5.56 Å². The lowest BCUT2D eigenvalue weighted by atomic mass is 9.99. The lowest BCUT2D eigenvalue weighted by Crippen LogP contribution is -2.12. The molecule has 6 heteroatoms. The maximum absolute atomic E-state index is 12.5. The van der Waals surface area contributed by atoms with E-state index in [-0.39, 0.29) is 6.61 Å². The van der Waals surface area contributed by atoms with Gasteiger partial charge >= 0.3 is 11.6 Å². The van der Waals surface area contributed by atoms with Crippen molar-refractivity contribution >= 4 is 16.9 Å². The number of methoxy groups -OCH3 is 2. The second-order valence-electron chi connectivity index (χ2n) is 5.64. The van der Waals surface area contributed by atoms with Gasteiger partial charge in [0.2, 0.25) is 0 Å². The number of esters is 1. The summed E-state index contributed by atoms with van der Waals surface area (Å²) in [4.78, 5) is 23.7. The third kappa shape index (κ3) is 3.39. The number of ether oxygens (including phenoxy) is 3. The number of rotatable bonds is 5. The van der Waals surface area contributed by atoms with Crippen LogP contribution < -0.4 is 15.1 Å². The van der Waals surface area contributed by atoms with Crippen molar-refractivity contribution in [3.63, 3.8) is 0 Å². The lowest BCUT2D eigenvalue weighted by molar-refractivity contribution is -0.142. The topological polar surface area (TPSA) is 75.0 Å². The van der Waals surface area contributed by atoms with Gasteiger partial charge in [0.15, 0.2) is 6.61 Å². The van der Waals surface area contributed by atoms with Gasteiger partial charge in [-0.05, 0) is 48.4 Å². The highest BCUT2D eigenvalue weighted by Gasteiger charge is 2.14. The average molecular weight is 354 g/mol. The number of hydrogen-bond acceptors (Lipinski definition) is 6. The molecule has 6 nitrogen and oxygen atoms in total. The Morgan fingerprint density at radius 2 is 1.73 bits per heavy atom. The summed E-state index contributed by atoms with van der Waals surface area (Å²) in [6.07, 6.45) is 0. The van der Waals surface area contributed by atoms with Gasteiger partial charge in [-0.25, -0.2) is 9.59 Å². The van der Waals surface area contributed by atoms with Gasteiger partial charge in [-0.3, -0.25) is 0 Å². The predicted octanol–water partition coefficient (Wildman–Crippen LogP) is 3.33. The van der Waals surface area contributed by atoms with Gasteiger partial charge in [-0.2, -0.15) is 0 Å². The summed E-state index contributed by atoms with van der Waals surface area (Å²) < 4.78 is 20.6. The molecule has 1 heterocycles. The van der Waals surface area contributed by atoms with Crippen molar-refractivity contribution in [1.29, 1.82) is 0 Å². The van der Waals surface area contributed by atoms with E-state index in [1.54, 1.807) is 37.4 Å². The summed E-state index contributed by atoms with van der Waals surface area (Å²) in [7, 11) is 2.88. The van der Waals surface area contributed by atoms with Gasteiger partial charge in [-0.1, -0.05) is 12.1 Å². The predicted molar refractivity (Wildman–Crippen MR) is 96.7 cm³/mol. The fraction of sp³-hybridized carbons (Fsp3) is 0.200. The fourth-order valence-corrected chi connectivity index (χ4v) is 2.71. The molecule has 3 rings (SSSR count). The van der Waals surface area contributed by atoms with Crippen LogP contribution >= 0.6 is 0 Å². The molecular weight excluding hydrogens is 336 g/mol. The van der Waals surface area contributed by atoms with Crippen LogP contribution in [0.2, 0.25) is 0 Å². The molecule has 2 aromatic carbocycles. The molecule has 0 atom stereocenters. The average Bonchev–Trinajstić information content (AvgIpc) is 2.66. The highest BCUT2D eigenvalue weighted by atomic mass is 16.6. The minimum absolute atomic E-state index is 0.191. The van der Waals surface area contributed by atoms with E-state index < -0.39 is 11.6 Å². The van der Waals surface area contributed by atoms with Gasteiger partial charge in [0, 0.05) is 5.39 Å². The second-order valence-corrected chi connectivity index (χ2v) is 5.64. The van der Waals surface area contributed by atoms with Gasteiger partial charge in [0.05, 0.1) is 19.8 Å². The molecular formula is C20H18O6. The Morgan fingerprint density at radius 1 is 1.04 bits per heavy atom. The summed E-state index contributed by atoms with van der Waals surface area (Å²) >= 11 is 0. The number of carbonyl (C=O) groups excluding carboxylic acids is 1. The summed E-state index contributed by atoms with van der Waals surface area (Å²) in [6.45, 7) is 1.66. The van der Waals surface area contributed by atoms with Crippen LogP contribution in [0.15, 0.2) is 51.7 Å². The van der Waals surface area contributed by atoms with E-state index in [1.807, 2.05) is 19.1 Å². The summed E-state index contributed by atoms with van der Waals surface area (Å²) in [5.74, 6) is 0.718. The molecule has 0 bridgehead atoms. The first-order valence-corrected chi connectivity index (χ1v) is 7.95. The Balaban J connectivity index is 2.06. The highest BCUT2D eigenvalue weighted by Crippen LogP contribution is 2.30. The number of benzene rings is 2. The first kappa shape index (κ1) is 17.5. The molecule has 0 aliphatic carbocycles. The van der Waals surface area contributed by atoms with Crippen molar-refractivity contribution in [2.24, 2.45) is 0 Å². The molecule has 0 saturated carbocycles. The Hall–Kier alpha value is -3.28. The Bertz CT molecular complexity index is 1000. The van der Waals surface area contributed by atoms with Crippen LogP contribution in [-0.4, -0.2) is 26.8 Å². The van der Waals surface area contributed by atoms with E-state index in [2.05, 4.69) is 4.74 Å². The van der Waals surface area contributed by atoms with Crippen LogP contribution in [0.5, 0.6) is 11.5 Å². The van der Waals surface area contributed by atoms with Crippen LogP contribution in [0.4, 0.5) is 0 Å². The molecule has 1 aromatic heterocycles. The third-order valence-electron chi connectivity index (χ3n) is 4.10. The Labute approximate surface area is 149 Å². The molecule has 0 unspecified atom stereocenters. The zero-order valence-corrected chi connectivity index (χ0v) is 14.7. The van der Waals surface area contributed by atoms with E-state index in [4.69, 9.17) is 13.9 Å². The van der Waals surface area contributed by atoms with Crippen LogP contribution in [0.3, 0.4) is 0 Å². The number of aryl methyl sites for hydroxylation is 1. The molecule has 0 aliphatic heterocycles. The molecule has 0 amide bonds. The van der Waals surface area contributed by atoms with Crippen molar-refractivity contribution in [1.82, 2.24) is 0 Å². The fourth-order valence-electron chi connectivity index (χ4n) is 2.71. The summed E-state index contributed by atoms with van der Waals surface area (Å²) in [5.41, 5.74) is 2.02. The van der Waals surface area contributed by atoms with Crippen molar-refractivity contribution in [2.75, 3.05) is 20.8 Å². The minimum Gasteiger partial charge on any atom is -0.497 e. The molecule has 134 valence electrons. The highest BCUT2D eigenvalue weighted by molar-refractivity contribution is 5.87. The molecule has 0 saturated heterocycles. The van der Waals surface area contributed by atoms with Crippen molar-refractivity contribution in [3.05, 3.63) is 58.4 Å². The molecule has 0 radical (unpaired) electrons. The van der Waals surface area contributed by atoms with Crippen LogP contribution in [-0.2, 0) is 9.53 Å². The van der Waals surface area contributed by atoms with E-state index >= 15 is 0 Å². The molecule has 0 spiro atoms.